The van der Waals surface area contributed by atoms with E-state index in [9.17, 15) is 4.79 Å². The SMILES string of the molecule is C[C@H](N)C(=O)NC(c1ccccc1)C1CCCO1.Cl. The molecular formula is C14H21ClN2O2. The smallest absolute Gasteiger partial charge is 0.237 e. The van der Waals surface area contributed by atoms with Gasteiger partial charge in [-0.1, -0.05) is 30.3 Å². The van der Waals surface area contributed by atoms with Gasteiger partial charge < -0.3 is 15.8 Å². The van der Waals surface area contributed by atoms with E-state index in [2.05, 4.69) is 5.32 Å². The zero-order valence-corrected chi connectivity index (χ0v) is 11.9. The van der Waals surface area contributed by atoms with Gasteiger partial charge in [-0.3, -0.25) is 4.79 Å². The third-order valence-corrected chi connectivity index (χ3v) is 3.21. The number of rotatable bonds is 4. The van der Waals surface area contributed by atoms with E-state index in [1.54, 1.807) is 6.92 Å². The number of hydrogen-bond donors (Lipinski definition) is 2. The maximum absolute atomic E-state index is 11.8. The number of halogens is 1. The number of nitrogens with two attached hydrogens (primary N) is 1. The highest BCUT2D eigenvalue weighted by Crippen LogP contribution is 2.26. The summed E-state index contributed by atoms with van der Waals surface area (Å²) < 4.78 is 5.69. The van der Waals surface area contributed by atoms with E-state index in [-0.39, 0.29) is 30.5 Å². The van der Waals surface area contributed by atoms with E-state index >= 15 is 0 Å². The Bertz CT molecular complexity index is 392. The Morgan fingerprint density at radius 2 is 2.11 bits per heavy atom. The number of carbonyl (C=O) groups is 1. The molecule has 2 unspecified atom stereocenters. The van der Waals surface area contributed by atoms with Crippen LogP contribution < -0.4 is 11.1 Å². The molecule has 1 heterocycles. The number of benzene rings is 1. The summed E-state index contributed by atoms with van der Waals surface area (Å²) in [5.41, 5.74) is 6.68. The lowest BCUT2D eigenvalue weighted by atomic mass is 9.99. The van der Waals surface area contributed by atoms with E-state index in [0.717, 1.165) is 25.0 Å². The lowest BCUT2D eigenvalue weighted by Crippen LogP contribution is -2.43. The number of ether oxygens (including phenoxy) is 1. The van der Waals surface area contributed by atoms with Gasteiger partial charge in [-0.05, 0) is 25.3 Å². The minimum Gasteiger partial charge on any atom is -0.376 e. The molecule has 0 aliphatic carbocycles. The summed E-state index contributed by atoms with van der Waals surface area (Å²) in [7, 11) is 0. The summed E-state index contributed by atoms with van der Waals surface area (Å²) in [6.45, 7) is 2.45. The normalized spacial score (nSPS) is 21.3. The average Bonchev–Trinajstić information content (AvgIpc) is 2.90. The third-order valence-electron chi connectivity index (χ3n) is 3.21. The van der Waals surface area contributed by atoms with E-state index in [4.69, 9.17) is 10.5 Å². The topological polar surface area (TPSA) is 64.4 Å². The van der Waals surface area contributed by atoms with Crippen molar-refractivity contribution < 1.29 is 9.53 Å². The molecule has 1 aliphatic rings. The van der Waals surface area contributed by atoms with Gasteiger partial charge in [-0.2, -0.15) is 0 Å². The zero-order chi connectivity index (χ0) is 13.0. The van der Waals surface area contributed by atoms with Gasteiger partial charge in [0.1, 0.15) is 0 Å². The largest absolute Gasteiger partial charge is 0.376 e. The zero-order valence-electron chi connectivity index (χ0n) is 11.0. The van der Waals surface area contributed by atoms with Gasteiger partial charge in [0.25, 0.3) is 0 Å². The quantitative estimate of drug-likeness (QED) is 0.886. The van der Waals surface area contributed by atoms with Crippen molar-refractivity contribution in [2.24, 2.45) is 5.73 Å². The fourth-order valence-electron chi connectivity index (χ4n) is 2.20. The van der Waals surface area contributed by atoms with Crippen LogP contribution in [0.2, 0.25) is 0 Å². The average molecular weight is 285 g/mol. The molecule has 19 heavy (non-hydrogen) atoms. The second-order valence-electron chi connectivity index (χ2n) is 4.74. The molecule has 5 heteroatoms. The lowest BCUT2D eigenvalue weighted by Gasteiger charge is -2.25. The second kappa shape index (κ2) is 7.48. The second-order valence-corrected chi connectivity index (χ2v) is 4.74. The lowest BCUT2D eigenvalue weighted by molar-refractivity contribution is -0.123. The Kier molecular flexibility index (Phi) is 6.28. The summed E-state index contributed by atoms with van der Waals surface area (Å²) >= 11 is 0. The van der Waals surface area contributed by atoms with Crippen molar-refractivity contribution in [1.82, 2.24) is 5.32 Å². The minimum absolute atomic E-state index is 0. The van der Waals surface area contributed by atoms with Crippen molar-refractivity contribution in [2.45, 2.75) is 38.0 Å². The molecule has 2 rings (SSSR count). The number of nitrogens with one attached hydrogen (secondary N) is 1. The Morgan fingerprint density at radius 1 is 1.42 bits per heavy atom. The van der Waals surface area contributed by atoms with Crippen molar-refractivity contribution in [1.29, 1.82) is 0 Å². The fourth-order valence-corrected chi connectivity index (χ4v) is 2.20. The third kappa shape index (κ3) is 4.20. The number of hydrogen-bond acceptors (Lipinski definition) is 3. The molecule has 1 amide bonds. The maximum Gasteiger partial charge on any atom is 0.237 e. The van der Waals surface area contributed by atoms with Crippen molar-refractivity contribution in [2.75, 3.05) is 6.61 Å². The van der Waals surface area contributed by atoms with Crippen molar-refractivity contribution >= 4 is 18.3 Å². The first-order valence-corrected chi connectivity index (χ1v) is 6.41. The van der Waals surface area contributed by atoms with E-state index in [1.165, 1.54) is 0 Å². The molecule has 1 aliphatic heterocycles. The first-order chi connectivity index (χ1) is 8.68. The Morgan fingerprint density at radius 3 is 2.63 bits per heavy atom. The van der Waals surface area contributed by atoms with Gasteiger partial charge in [0.05, 0.1) is 18.2 Å². The Hall–Kier alpha value is -1.10. The van der Waals surface area contributed by atoms with Crippen LogP contribution in [0.15, 0.2) is 30.3 Å². The molecule has 1 saturated heterocycles. The van der Waals surface area contributed by atoms with Gasteiger partial charge in [0.2, 0.25) is 5.91 Å². The summed E-state index contributed by atoms with van der Waals surface area (Å²) in [6.07, 6.45) is 2.07. The summed E-state index contributed by atoms with van der Waals surface area (Å²) in [6, 6.07) is 9.31. The molecule has 1 fully saturated rings. The number of amides is 1. The van der Waals surface area contributed by atoms with E-state index in [1.807, 2.05) is 30.3 Å². The van der Waals surface area contributed by atoms with Crippen LogP contribution in [0.25, 0.3) is 0 Å². The fraction of sp³-hybridized carbons (Fsp3) is 0.500. The molecule has 0 spiro atoms. The molecule has 106 valence electrons. The van der Waals surface area contributed by atoms with Crippen molar-refractivity contribution in [3.05, 3.63) is 35.9 Å². The highest BCUT2D eigenvalue weighted by Gasteiger charge is 2.29. The molecule has 3 atom stereocenters. The molecule has 4 nitrogen and oxygen atoms in total. The van der Waals surface area contributed by atoms with Crippen LogP contribution in [0.1, 0.15) is 31.4 Å². The first kappa shape index (κ1) is 16.0. The predicted molar refractivity (Wildman–Crippen MR) is 77.2 cm³/mol. The molecule has 0 aromatic heterocycles. The van der Waals surface area contributed by atoms with Gasteiger partial charge in [-0.15, -0.1) is 12.4 Å². The van der Waals surface area contributed by atoms with Crippen LogP contribution in [-0.2, 0) is 9.53 Å². The molecule has 1 aromatic rings. The summed E-state index contributed by atoms with van der Waals surface area (Å²) in [5, 5.41) is 2.99. The molecule has 0 saturated carbocycles. The molecule has 1 aromatic carbocycles. The molecule has 0 radical (unpaired) electrons. The van der Waals surface area contributed by atoms with Crippen LogP contribution >= 0.6 is 12.4 Å². The van der Waals surface area contributed by atoms with Crippen LogP contribution in [0.4, 0.5) is 0 Å². The summed E-state index contributed by atoms with van der Waals surface area (Å²) in [4.78, 5) is 11.8. The Labute approximate surface area is 120 Å². The van der Waals surface area contributed by atoms with Crippen LogP contribution in [0.3, 0.4) is 0 Å². The molecular weight excluding hydrogens is 264 g/mol. The van der Waals surface area contributed by atoms with Gasteiger partial charge in [-0.25, -0.2) is 0 Å². The van der Waals surface area contributed by atoms with E-state index in [0.29, 0.717) is 0 Å². The van der Waals surface area contributed by atoms with Gasteiger partial charge in [0.15, 0.2) is 0 Å². The number of carbonyl (C=O) groups excluding carboxylic acids is 1. The van der Waals surface area contributed by atoms with Crippen LogP contribution in [0, 0.1) is 0 Å². The van der Waals surface area contributed by atoms with Crippen LogP contribution in [-0.4, -0.2) is 24.7 Å². The standard InChI is InChI=1S/C14H20N2O2.ClH/c1-10(15)14(17)16-13(12-8-5-9-18-12)11-6-3-2-4-7-11;/h2-4,6-7,10,12-13H,5,8-9,15H2,1H3,(H,16,17);1H/t10-,12?,13?;/m0./s1. The highest BCUT2D eigenvalue weighted by molar-refractivity contribution is 5.85. The predicted octanol–water partition coefficient (Wildman–Crippen LogP) is 1.79. The molecule has 3 N–H and O–H groups in total. The van der Waals surface area contributed by atoms with Gasteiger partial charge in [0, 0.05) is 6.61 Å². The Balaban J connectivity index is 0.00000180. The van der Waals surface area contributed by atoms with Crippen molar-refractivity contribution in [3.8, 4) is 0 Å². The highest BCUT2D eigenvalue weighted by atomic mass is 35.5. The van der Waals surface area contributed by atoms with Crippen molar-refractivity contribution in [3.63, 3.8) is 0 Å². The first-order valence-electron chi connectivity index (χ1n) is 6.41. The minimum atomic E-state index is -0.502. The molecule has 0 bridgehead atoms. The monoisotopic (exact) mass is 284 g/mol. The van der Waals surface area contributed by atoms with Crippen LogP contribution in [0.5, 0.6) is 0 Å². The maximum atomic E-state index is 11.8. The van der Waals surface area contributed by atoms with Gasteiger partial charge >= 0.3 is 0 Å². The summed E-state index contributed by atoms with van der Waals surface area (Å²) in [5.74, 6) is -0.139. The van der Waals surface area contributed by atoms with E-state index < -0.39 is 6.04 Å².